The highest BCUT2D eigenvalue weighted by atomic mass is 35.5. The summed E-state index contributed by atoms with van der Waals surface area (Å²) < 4.78 is 0. The molecule has 0 bridgehead atoms. The number of aromatic nitrogens is 3. The Morgan fingerprint density at radius 3 is 2.69 bits per heavy atom. The van der Waals surface area contributed by atoms with Gasteiger partial charge >= 0.3 is 0 Å². The Morgan fingerprint density at radius 1 is 1.08 bits per heavy atom. The molecule has 4 aromatic rings. The van der Waals surface area contributed by atoms with E-state index in [1.54, 1.807) is 29.8 Å². The quantitative estimate of drug-likeness (QED) is 0.505. The Hall–Kier alpha value is -2.54. The first kappa shape index (κ1) is 16.9. The molecule has 0 saturated carbocycles. The average molecular weight is 401 g/mol. The van der Waals surface area contributed by atoms with E-state index in [9.17, 15) is 4.79 Å². The molecule has 0 aliphatic carbocycles. The number of hydrogen-bond acceptors (Lipinski definition) is 5. The maximum atomic E-state index is 12.8. The molecule has 128 valence electrons. The van der Waals surface area contributed by atoms with Crippen molar-refractivity contribution >= 4 is 56.5 Å². The summed E-state index contributed by atoms with van der Waals surface area (Å²) in [6.07, 6.45) is 0. The van der Waals surface area contributed by atoms with Crippen LogP contribution in [0, 0.1) is 0 Å². The Balaban J connectivity index is 1.87. The molecule has 2 aromatic carbocycles. The van der Waals surface area contributed by atoms with Gasteiger partial charge in [-0.25, -0.2) is 4.98 Å². The number of nitrogens with one attached hydrogen (secondary N) is 1. The summed E-state index contributed by atoms with van der Waals surface area (Å²) in [7, 11) is 0. The number of anilines is 1. The van der Waals surface area contributed by atoms with Crippen molar-refractivity contribution in [2.45, 2.75) is 0 Å². The second-order valence-electron chi connectivity index (χ2n) is 5.39. The second kappa shape index (κ2) is 6.99. The molecule has 1 N–H and O–H groups in total. The van der Waals surface area contributed by atoms with Crippen molar-refractivity contribution in [2.24, 2.45) is 0 Å². The number of amides is 1. The monoisotopic (exact) mass is 400 g/mol. The molecule has 0 radical (unpaired) electrons. The van der Waals surface area contributed by atoms with Crippen molar-refractivity contribution in [2.75, 3.05) is 5.32 Å². The van der Waals surface area contributed by atoms with Crippen LogP contribution < -0.4 is 5.32 Å². The Morgan fingerprint density at radius 2 is 1.92 bits per heavy atom. The fourth-order valence-electron chi connectivity index (χ4n) is 2.59. The standard InChI is InChI=1S/C18H10Cl2N4OS/c19-10-5-6-12(14(20)7-10)16-8-13(11-3-1-2-4-15(11)22-16)17(25)23-18-24-21-9-26-18/h1-9H,(H,23,24,25). The number of para-hydroxylation sites is 1. The zero-order valence-corrected chi connectivity index (χ0v) is 15.4. The van der Waals surface area contributed by atoms with Crippen molar-refractivity contribution in [1.29, 1.82) is 0 Å². The topological polar surface area (TPSA) is 67.8 Å². The molecule has 0 unspecified atom stereocenters. The number of hydrogen-bond donors (Lipinski definition) is 1. The van der Waals surface area contributed by atoms with Crippen LogP contribution in [0.4, 0.5) is 5.13 Å². The molecule has 0 atom stereocenters. The van der Waals surface area contributed by atoms with Gasteiger partial charge in [0.2, 0.25) is 5.13 Å². The van der Waals surface area contributed by atoms with Crippen LogP contribution in [0.1, 0.15) is 10.4 Å². The van der Waals surface area contributed by atoms with Crippen LogP contribution in [0.5, 0.6) is 0 Å². The zero-order chi connectivity index (χ0) is 18.1. The molecule has 8 heteroatoms. The van der Waals surface area contributed by atoms with Crippen LogP contribution in [0.15, 0.2) is 54.0 Å². The highest BCUT2D eigenvalue weighted by Crippen LogP contribution is 2.32. The molecule has 0 aliphatic rings. The van der Waals surface area contributed by atoms with Gasteiger partial charge in [0.15, 0.2) is 0 Å². The number of fused-ring (bicyclic) bond motifs is 1. The lowest BCUT2D eigenvalue weighted by atomic mass is 10.0. The lowest BCUT2D eigenvalue weighted by molar-refractivity contribution is 0.102. The summed E-state index contributed by atoms with van der Waals surface area (Å²) >= 11 is 13.6. The van der Waals surface area contributed by atoms with Gasteiger partial charge < -0.3 is 0 Å². The van der Waals surface area contributed by atoms with E-state index in [2.05, 4.69) is 20.5 Å². The summed E-state index contributed by atoms with van der Waals surface area (Å²) in [5, 5.41) is 12.5. The number of nitrogens with zero attached hydrogens (tertiary/aromatic N) is 3. The van der Waals surface area contributed by atoms with E-state index in [0.29, 0.717) is 37.5 Å². The third-order valence-electron chi connectivity index (χ3n) is 3.75. The number of pyridine rings is 1. The third-order valence-corrected chi connectivity index (χ3v) is 4.90. The molecule has 2 heterocycles. The maximum Gasteiger partial charge on any atom is 0.258 e. The van der Waals surface area contributed by atoms with E-state index in [-0.39, 0.29) is 5.91 Å². The van der Waals surface area contributed by atoms with Crippen LogP contribution in [-0.4, -0.2) is 21.1 Å². The van der Waals surface area contributed by atoms with Crippen LogP contribution in [0.25, 0.3) is 22.2 Å². The van der Waals surface area contributed by atoms with Crippen molar-refractivity contribution in [1.82, 2.24) is 15.2 Å². The number of benzene rings is 2. The minimum absolute atomic E-state index is 0.285. The van der Waals surface area contributed by atoms with Gasteiger partial charge in [-0.05, 0) is 30.3 Å². The maximum absolute atomic E-state index is 12.8. The van der Waals surface area contributed by atoms with E-state index in [1.807, 2.05) is 24.3 Å². The normalized spacial score (nSPS) is 10.8. The molecule has 0 aliphatic heterocycles. The SMILES string of the molecule is O=C(Nc1nncs1)c1cc(-c2ccc(Cl)cc2Cl)nc2ccccc12. The minimum Gasteiger partial charge on any atom is -0.296 e. The smallest absolute Gasteiger partial charge is 0.258 e. The molecule has 0 saturated heterocycles. The number of halogens is 2. The van der Waals surface area contributed by atoms with E-state index in [1.165, 1.54) is 11.3 Å². The summed E-state index contributed by atoms with van der Waals surface area (Å²) in [6.45, 7) is 0. The predicted octanol–water partition coefficient (Wildman–Crippen LogP) is 5.31. The van der Waals surface area contributed by atoms with Crippen molar-refractivity contribution < 1.29 is 4.79 Å². The first-order chi connectivity index (χ1) is 12.6. The van der Waals surface area contributed by atoms with E-state index < -0.39 is 0 Å². The zero-order valence-electron chi connectivity index (χ0n) is 13.1. The highest BCUT2D eigenvalue weighted by Gasteiger charge is 2.16. The highest BCUT2D eigenvalue weighted by molar-refractivity contribution is 7.13. The fourth-order valence-corrected chi connectivity index (χ4v) is 3.54. The molecule has 1 amide bonds. The van der Waals surface area contributed by atoms with Crippen molar-refractivity contribution in [3.05, 3.63) is 69.7 Å². The van der Waals surface area contributed by atoms with Gasteiger partial charge in [0.05, 0.1) is 21.8 Å². The lowest BCUT2D eigenvalue weighted by Crippen LogP contribution is -2.13. The minimum atomic E-state index is -0.285. The summed E-state index contributed by atoms with van der Waals surface area (Å²) in [5.41, 5.74) is 4.02. The van der Waals surface area contributed by atoms with E-state index in [4.69, 9.17) is 23.2 Å². The van der Waals surface area contributed by atoms with Crippen LogP contribution >= 0.6 is 34.5 Å². The Labute approximate surface area is 162 Å². The van der Waals surface area contributed by atoms with Gasteiger partial charge in [0.25, 0.3) is 5.91 Å². The van der Waals surface area contributed by atoms with Crippen LogP contribution in [0.2, 0.25) is 10.0 Å². The Kier molecular flexibility index (Phi) is 4.55. The van der Waals surface area contributed by atoms with Crippen LogP contribution in [-0.2, 0) is 0 Å². The largest absolute Gasteiger partial charge is 0.296 e. The van der Waals surface area contributed by atoms with Crippen molar-refractivity contribution in [3.8, 4) is 11.3 Å². The van der Waals surface area contributed by atoms with Crippen molar-refractivity contribution in [3.63, 3.8) is 0 Å². The molecule has 26 heavy (non-hydrogen) atoms. The summed E-state index contributed by atoms with van der Waals surface area (Å²) in [6, 6.07) is 14.3. The first-order valence-electron chi connectivity index (χ1n) is 7.54. The number of rotatable bonds is 3. The molecule has 0 spiro atoms. The molecule has 4 rings (SSSR count). The van der Waals surface area contributed by atoms with Crippen LogP contribution in [0.3, 0.4) is 0 Å². The fraction of sp³-hybridized carbons (Fsp3) is 0. The molecular weight excluding hydrogens is 391 g/mol. The lowest BCUT2D eigenvalue weighted by Gasteiger charge is -2.10. The first-order valence-corrected chi connectivity index (χ1v) is 9.18. The van der Waals surface area contributed by atoms with Gasteiger partial charge in [-0.2, -0.15) is 0 Å². The second-order valence-corrected chi connectivity index (χ2v) is 7.07. The Bertz CT molecular complexity index is 1120. The third kappa shape index (κ3) is 3.26. The molecule has 0 fully saturated rings. The van der Waals surface area contributed by atoms with Gasteiger partial charge in [-0.15, -0.1) is 10.2 Å². The predicted molar refractivity (Wildman–Crippen MR) is 105 cm³/mol. The van der Waals surface area contributed by atoms with Gasteiger partial charge in [0.1, 0.15) is 5.51 Å². The van der Waals surface area contributed by atoms with Gasteiger partial charge in [-0.1, -0.05) is 52.7 Å². The summed E-state index contributed by atoms with van der Waals surface area (Å²) in [5.74, 6) is -0.285. The summed E-state index contributed by atoms with van der Waals surface area (Å²) in [4.78, 5) is 17.4. The molecular formula is C18H10Cl2N4OS. The van der Waals surface area contributed by atoms with Gasteiger partial charge in [-0.3, -0.25) is 10.1 Å². The van der Waals surface area contributed by atoms with E-state index >= 15 is 0 Å². The number of carbonyl (C=O) groups is 1. The number of carbonyl (C=O) groups excluding carboxylic acids is 1. The molecule has 5 nitrogen and oxygen atoms in total. The average Bonchev–Trinajstić information content (AvgIpc) is 3.13. The van der Waals surface area contributed by atoms with E-state index in [0.717, 1.165) is 5.39 Å². The molecule has 2 aromatic heterocycles. The van der Waals surface area contributed by atoms with Gasteiger partial charge in [0, 0.05) is 16.0 Å².